The molecule has 0 bridgehead atoms. The highest BCUT2D eigenvalue weighted by Gasteiger charge is 2.08. The molecule has 0 spiro atoms. The summed E-state index contributed by atoms with van der Waals surface area (Å²) in [7, 11) is 0. The van der Waals surface area contributed by atoms with Crippen molar-refractivity contribution in [3.8, 4) is 5.75 Å². The highest BCUT2D eigenvalue weighted by atomic mass is 79.9. The summed E-state index contributed by atoms with van der Waals surface area (Å²) in [6, 6.07) is 10.5. The summed E-state index contributed by atoms with van der Waals surface area (Å²) in [5.41, 5.74) is 4.89. The summed E-state index contributed by atoms with van der Waals surface area (Å²) < 4.78 is 7.49. The van der Waals surface area contributed by atoms with Crippen molar-refractivity contribution in [2.75, 3.05) is 11.9 Å². The standard InChI is InChI=1S/C18H19Br2NO/c1-4-7-22-18-16(19)9-14(10-17(18)20)11-21-15-6-5-12(2)13(3)8-15/h4-6,8-10,21H,1,7,11H2,2-3H3. The molecule has 0 aliphatic heterocycles. The van der Waals surface area contributed by atoms with Crippen molar-refractivity contribution in [1.29, 1.82) is 0 Å². The molecule has 2 nitrogen and oxygen atoms in total. The second-order valence-corrected chi connectivity index (χ2v) is 6.85. The van der Waals surface area contributed by atoms with Crippen molar-refractivity contribution in [3.63, 3.8) is 0 Å². The number of benzene rings is 2. The summed E-state index contributed by atoms with van der Waals surface area (Å²) in [4.78, 5) is 0. The molecule has 22 heavy (non-hydrogen) atoms. The lowest BCUT2D eigenvalue weighted by molar-refractivity contribution is 0.358. The predicted octanol–water partition coefficient (Wildman–Crippen LogP) is 6.01. The Balaban J connectivity index is 2.09. The van der Waals surface area contributed by atoms with Crippen molar-refractivity contribution < 1.29 is 4.74 Å². The number of ether oxygens (including phenoxy) is 1. The molecular formula is C18H19Br2NO. The van der Waals surface area contributed by atoms with Crippen LogP contribution in [0, 0.1) is 13.8 Å². The average Bonchev–Trinajstić information content (AvgIpc) is 2.48. The van der Waals surface area contributed by atoms with E-state index in [0.717, 1.165) is 26.9 Å². The van der Waals surface area contributed by atoms with Gasteiger partial charge in [0.15, 0.2) is 0 Å². The van der Waals surface area contributed by atoms with Crippen LogP contribution in [0.3, 0.4) is 0 Å². The Hall–Kier alpha value is -1.26. The van der Waals surface area contributed by atoms with Gasteiger partial charge in [-0.05, 0) is 86.7 Å². The molecule has 0 radical (unpaired) electrons. The van der Waals surface area contributed by atoms with Gasteiger partial charge in [0.1, 0.15) is 12.4 Å². The zero-order chi connectivity index (χ0) is 16.1. The number of aryl methyl sites for hydroxylation is 2. The maximum Gasteiger partial charge on any atom is 0.148 e. The van der Waals surface area contributed by atoms with Gasteiger partial charge in [0, 0.05) is 12.2 Å². The number of hydrogen-bond donors (Lipinski definition) is 1. The number of anilines is 1. The minimum Gasteiger partial charge on any atom is -0.487 e. The highest BCUT2D eigenvalue weighted by Crippen LogP contribution is 2.35. The molecule has 2 aromatic carbocycles. The summed E-state index contributed by atoms with van der Waals surface area (Å²) in [6.45, 7) is 9.14. The minimum absolute atomic E-state index is 0.484. The van der Waals surface area contributed by atoms with Gasteiger partial charge in [0.05, 0.1) is 8.95 Å². The quantitative estimate of drug-likeness (QED) is 0.573. The molecule has 4 heteroatoms. The van der Waals surface area contributed by atoms with Gasteiger partial charge >= 0.3 is 0 Å². The van der Waals surface area contributed by atoms with E-state index in [1.807, 2.05) is 0 Å². The first kappa shape index (κ1) is 17.1. The van der Waals surface area contributed by atoms with Gasteiger partial charge in [-0.25, -0.2) is 0 Å². The van der Waals surface area contributed by atoms with Crippen LogP contribution in [0.15, 0.2) is 51.9 Å². The van der Waals surface area contributed by atoms with Gasteiger partial charge < -0.3 is 10.1 Å². The molecule has 2 rings (SSSR count). The summed E-state index contributed by atoms with van der Waals surface area (Å²) in [5.74, 6) is 0.801. The Bertz CT molecular complexity index is 660. The second kappa shape index (κ2) is 7.84. The molecule has 1 N–H and O–H groups in total. The normalized spacial score (nSPS) is 10.4. The molecule has 0 aliphatic carbocycles. The van der Waals surface area contributed by atoms with Crippen LogP contribution in [-0.4, -0.2) is 6.61 Å². The van der Waals surface area contributed by atoms with Crippen LogP contribution < -0.4 is 10.1 Å². The first-order valence-corrected chi connectivity index (χ1v) is 8.62. The molecule has 0 saturated carbocycles. The van der Waals surface area contributed by atoms with Gasteiger partial charge in [-0.15, -0.1) is 0 Å². The number of rotatable bonds is 6. The molecule has 0 amide bonds. The van der Waals surface area contributed by atoms with Crippen molar-refractivity contribution >= 4 is 37.5 Å². The van der Waals surface area contributed by atoms with Crippen LogP contribution in [0.4, 0.5) is 5.69 Å². The van der Waals surface area contributed by atoms with Gasteiger partial charge in [-0.1, -0.05) is 18.7 Å². The SMILES string of the molecule is C=CCOc1c(Br)cc(CNc2ccc(C)c(C)c2)cc1Br. The Morgan fingerprint density at radius 3 is 2.36 bits per heavy atom. The van der Waals surface area contributed by atoms with Crippen LogP contribution in [0.5, 0.6) is 5.75 Å². The third-order valence-electron chi connectivity index (χ3n) is 3.41. The first-order valence-electron chi connectivity index (χ1n) is 7.04. The molecule has 0 unspecified atom stereocenters. The van der Waals surface area contributed by atoms with E-state index in [0.29, 0.717) is 6.61 Å². The topological polar surface area (TPSA) is 21.3 Å². The van der Waals surface area contributed by atoms with E-state index in [4.69, 9.17) is 4.74 Å². The fraction of sp³-hybridized carbons (Fsp3) is 0.222. The summed E-state index contributed by atoms with van der Waals surface area (Å²) in [6.07, 6.45) is 1.73. The summed E-state index contributed by atoms with van der Waals surface area (Å²) in [5, 5.41) is 3.45. The van der Waals surface area contributed by atoms with Crippen LogP contribution in [0.2, 0.25) is 0 Å². The first-order chi connectivity index (χ1) is 10.5. The fourth-order valence-corrected chi connectivity index (χ4v) is 3.56. The maximum absolute atomic E-state index is 5.63. The Morgan fingerprint density at radius 1 is 1.09 bits per heavy atom. The lowest BCUT2D eigenvalue weighted by atomic mass is 10.1. The van der Waals surface area contributed by atoms with Gasteiger partial charge in [0.2, 0.25) is 0 Å². The van der Waals surface area contributed by atoms with E-state index in [9.17, 15) is 0 Å². The molecule has 0 fully saturated rings. The zero-order valence-electron chi connectivity index (χ0n) is 12.7. The van der Waals surface area contributed by atoms with Crippen molar-refractivity contribution in [2.24, 2.45) is 0 Å². The van der Waals surface area contributed by atoms with E-state index in [2.05, 4.69) is 87.9 Å². The number of hydrogen-bond acceptors (Lipinski definition) is 2. The zero-order valence-corrected chi connectivity index (χ0v) is 15.9. The molecule has 116 valence electrons. The van der Waals surface area contributed by atoms with Crippen LogP contribution in [0.1, 0.15) is 16.7 Å². The van der Waals surface area contributed by atoms with Crippen LogP contribution >= 0.6 is 31.9 Å². The predicted molar refractivity (Wildman–Crippen MR) is 101 cm³/mol. The van der Waals surface area contributed by atoms with E-state index in [-0.39, 0.29) is 0 Å². The minimum atomic E-state index is 0.484. The van der Waals surface area contributed by atoms with Crippen molar-refractivity contribution in [2.45, 2.75) is 20.4 Å². The molecular weight excluding hydrogens is 406 g/mol. The molecule has 0 saturated heterocycles. The molecule has 0 aromatic heterocycles. The number of halogens is 2. The van der Waals surface area contributed by atoms with Gasteiger partial charge in [-0.3, -0.25) is 0 Å². The van der Waals surface area contributed by atoms with Crippen LogP contribution in [0.25, 0.3) is 0 Å². The van der Waals surface area contributed by atoms with E-state index < -0.39 is 0 Å². The molecule has 0 atom stereocenters. The second-order valence-electron chi connectivity index (χ2n) is 5.14. The van der Waals surface area contributed by atoms with Gasteiger partial charge in [-0.2, -0.15) is 0 Å². The van der Waals surface area contributed by atoms with Crippen molar-refractivity contribution in [1.82, 2.24) is 0 Å². The van der Waals surface area contributed by atoms with Crippen molar-refractivity contribution in [3.05, 3.63) is 68.6 Å². The van der Waals surface area contributed by atoms with E-state index in [1.165, 1.54) is 16.7 Å². The highest BCUT2D eigenvalue weighted by molar-refractivity contribution is 9.11. The Morgan fingerprint density at radius 2 is 1.77 bits per heavy atom. The maximum atomic E-state index is 5.63. The molecule has 0 aliphatic rings. The third-order valence-corrected chi connectivity index (χ3v) is 4.59. The largest absolute Gasteiger partial charge is 0.487 e. The summed E-state index contributed by atoms with van der Waals surface area (Å²) >= 11 is 7.12. The van der Waals surface area contributed by atoms with E-state index in [1.54, 1.807) is 6.08 Å². The Kier molecular flexibility index (Phi) is 6.09. The molecule has 0 heterocycles. The Labute approximate surface area is 148 Å². The monoisotopic (exact) mass is 423 g/mol. The smallest absolute Gasteiger partial charge is 0.148 e. The fourth-order valence-electron chi connectivity index (χ4n) is 2.05. The average molecular weight is 425 g/mol. The lowest BCUT2D eigenvalue weighted by Crippen LogP contribution is -2.01. The van der Waals surface area contributed by atoms with Crippen LogP contribution in [-0.2, 0) is 6.54 Å². The third kappa shape index (κ3) is 4.37. The number of nitrogens with one attached hydrogen (secondary N) is 1. The van der Waals surface area contributed by atoms with E-state index >= 15 is 0 Å². The lowest BCUT2D eigenvalue weighted by Gasteiger charge is -2.13. The molecule has 2 aromatic rings. The van der Waals surface area contributed by atoms with Gasteiger partial charge in [0.25, 0.3) is 0 Å².